The quantitative estimate of drug-likeness (QED) is 0.0288. The van der Waals surface area contributed by atoms with E-state index in [1.165, 1.54) is 0 Å². The lowest BCUT2D eigenvalue weighted by Gasteiger charge is -2.07. The van der Waals surface area contributed by atoms with Crippen LogP contribution in [0, 0.1) is 23.7 Å². The van der Waals surface area contributed by atoms with Gasteiger partial charge in [0.1, 0.15) is 11.5 Å². The van der Waals surface area contributed by atoms with Crippen molar-refractivity contribution in [2.45, 2.75) is 37.5 Å². The molecule has 0 atom stereocenters. The zero-order chi connectivity index (χ0) is 34.1. The molecular formula is C41H34O6S. The molecule has 48 heavy (non-hydrogen) atoms. The Morgan fingerprint density at radius 3 is 1.71 bits per heavy atom. The molecule has 0 spiro atoms. The summed E-state index contributed by atoms with van der Waals surface area (Å²) in [5.74, 6) is 13.0. The molecule has 0 aromatic heterocycles. The van der Waals surface area contributed by atoms with E-state index >= 15 is 0 Å². The molecule has 0 saturated heterocycles. The van der Waals surface area contributed by atoms with Gasteiger partial charge in [-0.25, -0.2) is 4.79 Å². The summed E-state index contributed by atoms with van der Waals surface area (Å²) < 4.78 is 15.7. The van der Waals surface area contributed by atoms with Crippen molar-refractivity contribution in [1.82, 2.24) is 0 Å². The molecule has 0 radical (unpaired) electrons. The second-order valence-electron chi connectivity index (χ2n) is 10.5. The molecule has 0 aliphatic rings. The van der Waals surface area contributed by atoms with E-state index in [1.807, 2.05) is 60.7 Å². The molecule has 0 unspecified atom stereocenters. The van der Waals surface area contributed by atoms with Crippen LogP contribution in [0.3, 0.4) is 0 Å². The van der Waals surface area contributed by atoms with Gasteiger partial charge in [0.15, 0.2) is 0 Å². The highest BCUT2D eigenvalue weighted by molar-refractivity contribution is 8.14. The van der Waals surface area contributed by atoms with Gasteiger partial charge in [-0.05, 0) is 135 Å². The largest absolute Gasteiger partial charge is 0.494 e. The third kappa shape index (κ3) is 11.9. The van der Waals surface area contributed by atoms with Crippen molar-refractivity contribution in [1.29, 1.82) is 0 Å². The van der Waals surface area contributed by atoms with E-state index in [1.54, 1.807) is 43.3 Å². The molecule has 0 fully saturated rings. The molecule has 0 aliphatic carbocycles. The highest BCUT2D eigenvalue weighted by Gasteiger charge is 2.09. The highest BCUT2D eigenvalue weighted by atomic mass is 32.2. The lowest BCUT2D eigenvalue weighted by molar-refractivity contribution is -0.138. The van der Waals surface area contributed by atoms with Crippen molar-refractivity contribution < 1.29 is 28.6 Å². The number of unbranched alkanes of at least 4 members (excludes halogenated alkanes) is 2. The average Bonchev–Trinajstić information content (AvgIpc) is 3.10. The maximum absolute atomic E-state index is 12.8. The third-order valence-electron chi connectivity index (χ3n) is 6.66. The molecule has 240 valence electrons. The van der Waals surface area contributed by atoms with Crippen molar-refractivity contribution >= 4 is 28.8 Å². The SMILES string of the molecule is C=COC(=O)CCCCCOc1ccc(SC(=O)c2ccc(C#Cc3ccc(C#Cc4ccc(OC(=O)C(=C)C)cc4)cc3)cc2)cc1. The summed E-state index contributed by atoms with van der Waals surface area (Å²) in [7, 11) is 0. The number of ether oxygens (including phenoxy) is 3. The van der Waals surface area contributed by atoms with Gasteiger partial charge in [-0.2, -0.15) is 0 Å². The summed E-state index contributed by atoms with van der Waals surface area (Å²) in [5.41, 5.74) is 4.22. The van der Waals surface area contributed by atoms with Gasteiger partial charge in [0.2, 0.25) is 5.12 Å². The number of benzene rings is 4. The van der Waals surface area contributed by atoms with E-state index in [-0.39, 0.29) is 11.1 Å². The van der Waals surface area contributed by atoms with E-state index in [9.17, 15) is 14.4 Å². The second-order valence-corrected chi connectivity index (χ2v) is 11.6. The fourth-order valence-corrected chi connectivity index (χ4v) is 4.82. The number of thioether (sulfide) groups is 1. The summed E-state index contributed by atoms with van der Waals surface area (Å²) >= 11 is 1.16. The van der Waals surface area contributed by atoms with Gasteiger partial charge in [-0.3, -0.25) is 9.59 Å². The molecule has 0 N–H and O–H groups in total. The molecule has 6 nitrogen and oxygen atoms in total. The van der Waals surface area contributed by atoms with Crippen LogP contribution in [0.5, 0.6) is 11.5 Å². The summed E-state index contributed by atoms with van der Waals surface area (Å²) in [4.78, 5) is 36.6. The third-order valence-corrected chi connectivity index (χ3v) is 7.59. The molecule has 0 saturated carbocycles. The Kier molecular flexibility index (Phi) is 13.5. The minimum atomic E-state index is -0.462. The fourth-order valence-electron chi connectivity index (χ4n) is 4.08. The van der Waals surface area contributed by atoms with Crippen LogP contribution < -0.4 is 9.47 Å². The smallest absolute Gasteiger partial charge is 0.338 e. The van der Waals surface area contributed by atoms with Gasteiger partial charge in [0.05, 0.1) is 12.9 Å². The topological polar surface area (TPSA) is 78.9 Å². The zero-order valence-electron chi connectivity index (χ0n) is 26.6. The molecule has 7 heteroatoms. The summed E-state index contributed by atoms with van der Waals surface area (Å²) in [6, 6.07) is 29.3. The first-order valence-electron chi connectivity index (χ1n) is 15.3. The molecule has 0 aliphatic heterocycles. The first-order valence-corrected chi connectivity index (χ1v) is 16.1. The maximum atomic E-state index is 12.8. The number of hydrogen-bond acceptors (Lipinski definition) is 7. The van der Waals surface area contributed by atoms with Gasteiger partial charge in [-0.15, -0.1) is 0 Å². The molecular weight excluding hydrogens is 621 g/mol. The standard InChI is InChI=1S/C41H34O6S/c1-4-45-39(42)8-6-5-7-29-46-36-25-27-38(28-26-36)48-41(44)35-21-17-33(18-22-35)15-13-31-9-11-32(12-10-31)14-16-34-19-23-37(24-20-34)47-40(43)30(2)3/h4,9-12,17-28H,1-2,5-8,29H2,3H3. The molecule has 4 aromatic rings. The molecule has 0 amide bonds. The minimum Gasteiger partial charge on any atom is -0.494 e. The summed E-state index contributed by atoms with van der Waals surface area (Å²) in [6.07, 6.45) is 3.94. The van der Waals surface area contributed by atoms with Gasteiger partial charge < -0.3 is 14.2 Å². The van der Waals surface area contributed by atoms with Gasteiger partial charge in [0.25, 0.3) is 0 Å². The summed E-state index contributed by atoms with van der Waals surface area (Å²) in [6.45, 7) is 9.09. The van der Waals surface area contributed by atoms with E-state index in [0.717, 1.165) is 70.2 Å². The monoisotopic (exact) mass is 654 g/mol. The Morgan fingerprint density at radius 2 is 1.19 bits per heavy atom. The van der Waals surface area contributed by atoms with E-state index < -0.39 is 5.97 Å². The normalized spacial score (nSPS) is 9.94. The Bertz CT molecular complexity index is 1870. The lowest BCUT2D eigenvalue weighted by atomic mass is 10.1. The predicted molar refractivity (Wildman–Crippen MR) is 189 cm³/mol. The van der Waals surface area contributed by atoms with E-state index in [0.29, 0.717) is 29.9 Å². The van der Waals surface area contributed by atoms with Crippen LogP contribution in [-0.2, 0) is 14.3 Å². The molecule has 0 heterocycles. The number of rotatable bonds is 12. The van der Waals surface area contributed by atoms with E-state index in [2.05, 4.69) is 36.8 Å². The number of esters is 2. The van der Waals surface area contributed by atoms with Gasteiger partial charge >= 0.3 is 11.9 Å². The maximum Gasteiger partial charge on any atom is 0.338 e. The van der Waals surface area contributed by atoms with Crippen LogP contribution in [0.2, 0.25) is 0 Å². The Morgan fingerprint density at radius 1 is 0.688 bits per heavy atom. The second kappa shape index (κ2) is 18.4. The van der Waals surface area contributed by atoms with Crippen molar-refractivity contribution in [2.24, 2.45) is 0 Å². The first-order chi connectivity index (χ1) is 23.3. The van der Waals surface area contributed by atoms with Crippen LogP contribution in [0.15, 0.2) is 127 Å². The van der Waals surface area contributed by atoms with Crippen molar-refractivity contribution in [3.8, 4) is 35.2 Å². The molecule has 4 aromatic carbocycles. The molecule has 0 bridgehead atoms. The van der Waals surface area contributed by atoms with Crippen molar-refractivity contribution in [3.63, 3.8) is 0 Å². The highest BCUT2D eigenvalue weighted by Crippen LogP contribution is 2.25. The molecule has 4 rings (SSSR count). The fraction of sp³-hybridized carbons (Fsp3) is 0.146. The zero-order valence-corrected chi connectivity index (χ0v) is 27.4. The van der Waals surface area contributed by atoms with Crippen molar-refractivity contribution in [3.05, 3.63) is 150 Å². The van der Waals surface area contributed by atoms with Crippen LogP contribution >= 0.6 is 11.8 Å². The predicted octanol–water partition coefficient (Wildman–Crippen LogP) is 8.53. The van der Waals surface area contributed by atoms with Crippen LogP contribution in [0.25, 0.3) is 0 Å². The summed E-state index contributed by atoms with van der Waals surface area (Å²) in [5, 5.41) is -0.0583. The van der Waals surface area contributed by atoms with Crippen molar-refractivity contribution in [2.75, 3.05) is 6.61 Å². The van der Waals surface area contributed by atoms with Crippen LogP contribution in [0.1, 0.15) is 65.2 Å². The first kappa shape index (κ1) is 35.1. The minimum absolute atomic E-state index is 0.0583. The van der Waals surface area contributed by atoms with Gasteiger partial charge in [0, 0.05) is 44.7 Å². The number of carbonyl (C=O) groups is 3. The number of carbonyl (C=O) groups excluding carboxylic acids is 3. The van der Waals surface area contributed by atoms with E-state index in [4.69, 9.17) is 14.2 Å². The lowest BCUT2D eigenvalue weighted by Crippen LogP contribution is -2.07. The Hall–Kier alpha value is -5.76. The Labute approximate surface area is 285 Å². The average molecular weight is 655 g/mol. The number of hydrogen-bond donors (Lipinski definition) is 0. The van der Waals surface area contributed by atoms with Crippen LogP contribution in [0.4, 0.5) is 0 Å². The van der Waals surface area contributed by atoms with Gasteiger partial charge in [-0.1, -0.05) is 36.8 Å². The van der Waals surface area contributed by atoms with Crippen LogP contribution in [-0.4, -0.2) is 23.7 Å². The Balaban J connectivity index is 1.22.